The minimum Gasteiger partial charge on any atom is -0.355 e. The first kappa shape index (κ1) is 9.92. The second-order valence-electron chi connectivity index (χ2n) is 2.15. The average Bonchev–Trinajstić information content (AvgIpc) is 2.21. The second kappa shape index (κ2) is 7.03. The average molecular weight is 146 g/mol. The standard InChI is InChI=1S/C6H12O2.C2H6/c1-6-3-2-4-7-5-8-6;1-2/h6H,2-5H2,1H3;1-2H3. The lowest BCUT2D eigenvalue weighted by Gasteiger charge is -2.04. The maximum Gasteiger partial charge on any atom is 0.147 e. The summed E-state index contributed by atoms with van der Waals surface area (Å²) in [7, 11) is 0. The van der Waals surface area contributed by atoms with Gasteiger partial charge in [0.15, 0.2) is 0 Å². The highest BCUT2D eigenvalue weighted by atomic mass is 16.7. The summed E-state index contributed by atoms with van der Waals surface area (Å²) >= 11 is 0. The first-order valence-electron chi connectivity index (χ1n) is 4.09. The van der Waals surface area contributed by atoms with Crippen molar-refractivity contribution in [2.75, 3.05) is 13.4 Å². The first-order valence-corrected chi connectivity index (χ1v) is 4.09. The van der Waals surface area contributed by atoms with Crippen molar-refractivity contribution in [3.8, 4) is 0 Å². The smallest absolute Gasteiger partial charge is 0.147 e. The highest BCUT2D eigenvalue weighted by molar-refractivity contribution is 4.50. The topological polar surface area (TPSA) is 18.5 Å². The molecule has 1 atom stereocenters. The largest absolute Gasteiger partial charge is 0.355 e. The third-order valence-electron chi connectivity index (χ3n) is 1.34. The van der Waals surface area contributed by atoms with Crippen LogP contribution in [-0.2, 0) is 9.47 Å². The number of hydrogen-bond donors (Lipinski definition) is 0. The Labute approximate surface area is 63.5 Å². The van der Waals surface area contributed by atoms with E-state index in [0.717, 1.165) is 19.4 Å². The second-order valence-corrected chi connectivity index (χ2v) is 2.15. The van der Waals surface area contributed by atoms with Crippen molar-refractivity contribution in [2.45, 2.75) is 39.7 Å². The summed E-state index contributed by atoms with van der Waals surface area (Å²) in [4.78, 5) is 0. The van der Waals surface area contributed by atoms with Crippen LogP contribution in [0, 0.1) is 0 Å². The van der Waals surface area contributed by atoms with Crippen LogP contribution in [0.1, 0.15) is 33.6 Å². The van der Waals surface area contributed by atoms with Crippen molar-refractivity contribution in [3.63, 3.8) is 0 Å². The zero-order valence-corrected chi connectivity index (χ0v) is 7.22. The molecule has 1 aliphatic rings. The normalized spacial score (nSPS) is 26.1. The van der Waals surface area contributed by atoms with Crippen LogP contribution in [0.5, 0.6) is 0 Å². The van der Waals surface area contributed by atoms with Crippen LogP contribution < -0.4 is 0 Å². The van der Waals surface area contributed by atoms with E-state index in [-0.39, 0.29) is 0 Å². The monoisotopic (exact) mass is 146 g/mol. The molecule has 0 radical (unpaired) electrons. The molecule has 0 spiro atoms. The lowest BCUT2D eigenvalue weighted by Crippen LogP contribution is -2.05. The molecule has 0 amide bonds. The molecule has 0 aliphatic carbocycles. The van der Waals surface area contributed by atoms with Gasteiger partial charge < -0.3 is 9.47 Å². The molecule has 1 aliphatic heterocycles. The fourth-order valence-electron chi connectivity index (χ4n) is 0.779. The van der Waals surface area contributed by atoms with E-state index in [2.05, 4.69) is 6.92 Å². The zero-order valence-electron chi connectivity index (χ0n) is 7.22. The SMILES string of the molecule is CC.CC1CCCOCO1. The fraction of sp³-hybridized carbons (Fsp3) is 1.00. The molecule has 0 aromatic rings. The molecular formula is C8H18O2. The molecule has 1 heterocycles. The molecule has 10 heavy (non-hydrogen) atoms. The molecule has 0 aromatic carbocycles. The molecule has 62 valence electrons. The lowest BCUT2D eigenvalue weighted by atomic mass is 10.2. The number of rotatable bonds is 0. The summed E-state index contributed by atoms with van der Waals surface area (Å²) in [6.45, 7) is 7.43. The van der Waals surface area contributed by atoms with E-state index < -0.39 is 0 Å². The highest BCUT2D eigenvalue weighted by Gasteiger charge is 2.04. The van der Waals surface area contributed by atoms with Gasteiger partial charge in [-0.05, 0) is 19.8 Å². The van der Waals surface area contributed by atoms with Gasteiger partial charge in [0.25, 0.3) is 0 Å². The van der Waals surface area contributed by atoms with E-state index in [1.54, 1.807) is 0 Å². The van der Waals surface area contributed by atoms with Gasteiger partial charge in [0.05, 0.1) is 6.10 Å². The third-order valence-corrected chi connectivity index (χ3v) is 1.34. The Balaban J connectivity index is 0.000000371. The number of hydrogen-bond acceptors (Lipinski definition) is 2. The molecule has 0 saturated carbocycles. The van der Waals surface area contributed by atoms with E-state index in [1.165, 1.54) is 0 Å². The van der Waals surface area contributed by atoms with E-state index in [4.69, 9.17) is 9.47 Å². The van der Waals surface area contributed by atoms with Gasteiger partial charge in [-0.2, -0.15) is 0 Å². The Morgan fingerprint density at radius 2 is 2.00 bits per heavy atom. The number of ether oxygens (including phenoxy) is 2. The van der Waals surface area contributed by atoms with Gasteiger partial charge in [-0.3, -0.25) is 0 Å². The predicted octanol–water partition coefficient (Wildman–Crippen LogP) is 2.19. The van der Waals surface area contributed by atoms with Crippen molar-refractivity contribution in [1.82, 2.24) is 0 Å². The molecule has 1 unspecified atom stereocenters. The summed E-state index contributed by atoms with van der Waals surface area (Å²) in [6, 6.07) is 0. The first-order chi connectivity index (χ1) is 4.89. The third kappa shape index (κ3) is 4.77. The van der Waals surface area contributed by atoms with Crippen molar-refractivity contribution in [3.05, 3.63) is 0 Å². The maximum absolute atomic E-state index is 5.18. The summed E-state index contributed by atoms with van der Waals surface area (Å²) in [6.07, 6.45) is 2.68. The maximum atomic E-state index is 5.18. The quantitative estimate of drug-likeness (QED) is 0.521. The van der Waals surface area contributed by atoms with Crippen LogP contribution in [-0.4, -0.2) is 19.5 Å². The van der Waals surface area contributed by atoms with Crippen molar-refractivity contribution in [1.29, 1.82) is 0 Å². The van der Waals surface area contributed by atoms with Gasteiger partial charge in [0, 0.05) is 6.61 Å². The van der Waals surface area contributed by atoms with Gasteiger partial charge >= 0.3 is 0 Å². The van der Waals surface area contributed by atoms with Gasteiger partial charge in [0.2, 0.25) is 0 Å². The summed E-state index contributed by atoms with van der Waals surface area (Å²) in [5.74, 6) is 0. The van der Waals surface area contributed by atoms with Crippen molar-refractivity contribution in [2.24, 2.45) is 0 Å². The Bertz CT molecular complexity index is 56.3. The Hall–Kier alpha value is -0.0800. The van der Waals surface area contributed by atoms with Crippen LogP contribution >= 0.6 is 0 Å². The zero-order chi connectivity index (χ0) is 7.82. The summed E-state index contributed by atoms with van der Waals surface area (Å²) in [5.41, 5.74) is 0. The van der Waals surface area contributed by atoms with Crippen molar-refractivity contribution >= 4 is 0 Å². The fourth-order valence-corrected chi connectivity index (χ4v) is 0.779. The molecule has 0 bridgehead atoms. The highest BCUT2D eigenvalue weighted by Crippen LogP contribution is 2.05. The minimum atomic E-state index is 0.400. The Morgan fingerprint density at radius 3 is 2.70 bits per heavy atom. The molecule has 0 aromatic heterocycles. The van der Waals surface area contributed by atoms with Crippen molar-refractivity contribution < 1.29 is 9.47 Å². The van der Waals surface area contributed by atoms with Crippen LogP contribution in [0.3, 0.4) is 0 Å². The predicted molar refractivity (Wildman–Crippen MR) is 41.9 cm³/mol. The Morgan fingerprint density at radius 1 is 1.30 bits per heavy atom. The molecule has 1 fully saturated rings. The van der Waals surface area contributed by atoms with Crippen LogP contribution in [0.25, 0.3) is 0 Å². The van der Waals surface area contributed by atoms with Gasteiger partial charge in [-0.25, -0.2) is 0 Å². The van der Waals surface area contributed by atoms with Gasteiger partial charge in [-0.1, -0.05) is 13.8 Å². The molecule has 2 heteroatoms. The van der Waals surface area contributed by atoms with Crippen LogP contribution in [0.15, 0.2) is 0 Å². The molecule has 1 saturated heterocycles. The van der Waals surface area contributed by atoms with E-state index in [1.807, 2.05) is 13.8 Å². The lowest BCUT2D eigenvalue weighted by molar-refractivity contribution is -0.0612. The minimum absolute atomic E-state index is 0.400. The van der Waals surface area contributed by atoms with Gasteiger partial charge in [-0.15, -0.1) is 0 Å². The molecular weight excluding hydrogens is 128 g/mol. The van der Waals surface area contributed by atoms with Gasteiger partial charge in [0.1, 0.15) is 6.79 Å². The van der Waals surface area contributed by atoms with Crippen LogP contribution in [0.4, 0.5) is 0 Å². The van der Waals surface area contributed by atoms with E-state index >= 15 is 0 Å². The van der Waals surface area contributed by atoms with Crippen LogP contribution in [0.2, 0.25) is 0 Å². The molecule has 1 rings (SSSR count). The van der Waals surface area contributed by atoms with E-state index in [9.17, 15) is 0 Å². The Kier molecular flexibility index (Phi) is 6.98. The van der Waals surface area contributed by atoms with E-state index in [0.29, 0.717) is 12.9 Å². The molecule has 0 N–H and O–H groups in total. The molecule has 2 nitrogen and oxygen atoms in total. The summed E-state index contributed by atoms with van der Waals surface area (Å²) < 4.78 is 10.2. The summed E-state index contributed by atoms with van der Waals surface area (Å²) in [5, 5.41) is 0.